The van der Waals surface area contributed by atoms with Crippen molar-refractivity contribution in [1.82, 2.24) is 15.2 Å². The summed E-state index contributed by atoms with van der Waals surface area (Å²) in [5, 5.41) is 4.37. The molecule has 3 N–H and O–H groups in total. The number of hydrogen-bond donors (Lipinski definition) is 2. The van der Waals surface area contributed by atoms with Crippen molar-refractivity contribution in [1.29, 1.82) is 0 Å². The molecule has 110 valence electrons. The SMILES string of the molecule is Cc1ccc(-c2cc(C(=O)NN)nn2-c2ccccc2)cc1. The highest BCUT2D eigenvalue weighted by Gasteiger charge is 2.15. The van der Waals surface area contributed by atoms with E-state index in [0.29, 0.717) is 0 Å². The molecular formula is C17H16N4O. The van der Waals surface area contributed by atoms with E-state index in [9.17, 15) is 4.79 Å². The minimum absolute atomic E-state index is 0.280. The summed E-state index contributed by atoms with van der Waals surface area (Å²) < 4.78 is 1.75. The summed E-state index contributed by atoms with van der Waals surface area (Å²) >= 11 is 0. The first-order chi connectivity index (χ1) is 10.7. The van der Waals surface area contributed by atoms with Crippen molar-refractivity contribution in [2.24, 2.45) is 5.84 Å². The molecule has 1 aromatic heterocycles. The van der Waals surface area contributed by atoms with Crippen LogP contribution >= 0.6 is 0 Å². The third-order valence-corrected chi connectivity index (χ3v) is 3.42. The molecule has 0 saturated heterocycles. The molecule has 1 heterocycles. The molecule has 22 heavy (non-hydrogen) atoms. The molecule has 0 saturated carbocycles. The predicted octanol–water partition coefficient (Wildman–Crippen LogP) is 2.45. The van der Waals surface area contributed by atoms with Gasteiger partial charge in [0.2, 0.25) is 0 Å². The van der Waals surface area contributed by atoms with Gasteiger partial charge in [-0.15, -0.1) is 0 Å². The number of nitrogens with zero attached hydrogens (tertiary/aromatic N) is 2. The van der Waals surface area contributed by atoms with Gasteiger partial charge < -0.3 is 0 Å². The number of aromatic nitrogens is 2. The highest BCUT2D eigenvalue weighted by Crippen LogP contribution is 2.24. The van der Waals surface area contributed by atoms with Gasteiger partial charge in [-0.05, 0) is 25.1 Å². The molecule has 0 bridgehead atoms. The van der Waals surface area contributed by atoms with E-state index in [0.717, 1.165) is 16.9 Å². The molecule has 2 aromatic carbocycles. The van der Waals surface area contributed by atoms with Gasteiger partial charge in [0, 0.05) is 5.56 Å². The van der Waals surface area contributed by atoms with Gasteiger partial charge in [0.25, 0.3) is 5.91 Å². The van der Waals surface area contributed by atoms with Crippen LogP contribution in [0.2, 0.25) is 0 Å². The van der Waals surface area contributed by atoms with Crippen molar-refractivity contribution in [3.05, 3.63) is 71.9 Å². The number of hydrazine groups is 1. The number of aryl methyl sites for hydroxylation is 1. The molecule has 0 atom stereocenters. The van der Waals surface area contributed by atoms with Crippen LogP contribution in [0.3, 0.4) is 0 Å². The quantitative estimate of drug-likeness (QED) is 0.442. The number of para-hydroxylation sites is 1. The molecule has 5 nitrogen and oxygen atoms in total. The van der Waals surface area contributed by atoms with Gasteiger partial charge >= 0.3 is 0 Å². The number of nitrogen functional groups attached to an aromatic ring is 1. The summed E-state index contributed by atoms with van der Waals surface area (Å²) in [5.74, 6) is 4.80. The number of carbonyl (C=O) groups is 1. The van der Waals surface area contributed by atoms with Crippen LogP contribution in [-0.2, 0) is 0 Å². The summed E-state index contributed by atoms with van der Waals surface area (Å²) in [6.07, 6.45) is 0. The Kier molecular flexibility index (Phi) is 3.72. The van der Waals surface area contributed by atoms with E-state index in [1.165, 1.54) is 5.56 Å². The summed E-state index contributed by atoms with van der Waals surface area (Å²) in [5.41, 5.74) is 6.28. The second-order valence-electron chi connectivity index (χ2n) is 5.00. The second kappa shape index (κ2) is 5.83. The number of nitrogens with two attached hydrogens (primary N) is 1. The number of carbonyl (C=O) groups excluding carboxylic acids is 1. The lowest BCUT2D eigenvalue weighted by Gasteiger charge is -2.07. The van der Waals surface area contributed by atoms with E-state index in [4.69, 9.17) is 5.84 Å². The molecule has 3 aromatic rings. The Hall–Kier alpha value is -2.92. The van der Waals surface area contributed by atoms with Gasteiger partial charge in [-0.3, -0.25) is 10.2 Å². The van der Waals surface area contributed by atoms with Crippen molar-refractivity contribution < 1.29 is 4.79 Å². The van der Waals surface area contributed by atoms with Gasteiger partial charge in [0.15, 0.2) is 5.69 Å². The lowest BCUT2D eigenvalue weighted by molar-refractivity contribution is 0.0948. The first-order valence-corrected chi connectivity index (χ1v) is 6.92. The molecule has 0 radical (unpaired) electrons. The average molecular weight is 292 g/mol. The fourth-order valence-corrected chi connectivity index (χ4v) is 2.26. The van der Waals surface area contributed by atoms with Crippen molar-refractivity contribution >= 4 is 5.91 Å². The van der Waals surface area contributed by atoms with Crippen molar-refractivity contribution in [2.75, 3.05) is 0 Å². The van der Waals surface area contributed by atoms with Crippen LogP contribution in [0.15, 0.2) is 60.7 Å². The highest BCUT2D eigenvalue weighted by molar-refractivity contribution is 5.93. The smallest absolute Gasteiger partial charge is 0.285 e. The molecule has 0 aliphatic carbocycles. The summed E-state index contributed by atoms with van der Waals surface area (Å²) in [7, 11) is 0. The molecule has 0 unspecified atom stereocenters. The molecular weight excluding hydrogens is 276 g/mol. The van der Waals surface area contributed by atoms with E-state index >= 15 is 0 Å². The van der Waals surface area contributed by atoms with Gasteiger partial charge in [0.05, 0.1) is 11.4 Å². The molecule has 1 amide bonds. The lowest BCUT2D eigenvalue weighted by atomic mass is 10.1. The standard InChI is InChI=1S/C17H16N4O/c1-12-7-9-13(10-8-12)16-11-15(17(22)19-18)20-21(16)14-5-3-2-4-6-14/h2-11H,18H2,1H3,(H,19,22). The number of benzene rings is 2. The second-order valence-corrected chi connectivity index (χ2v) is 5.00. The van der Waals surface area contributed by atoms with Gasteiger partial charge in [-0.25, -0.2) is 10.5 Å². The van der Waals surface area contributed by atoms with Gasteiger partial charge in [-0.2, -0.15) is 5.10 Å². The number of amides is 1. The summed E-state index contributed by atoms with van der Waals surface area (Å²) in [6, 6.07) is 19.5. The molecule has 0 fully saturated rings. The molecule has 0 aliphatic heterocycles. The first-order valence-electron chi connectivity index (χ1n) is 6.92. The van der Waals surface area contributed by atoms with E-state index in [2.05, 4.69) is 10.5 Å². The van der Waals surface area contributed by atoms with Crippen molar-refractivity contribution in [3.8, 4) is 16.9 Å². The number of nitrogens with one attached hydrogen (secondary N) is 1. The maximum atomic E-state index is 11.8. The zero-order valence-electron chi connectivity index (χ0n) is 12.2. The zero-order valence-corrected chi connectivity index (χ0v) is 12.2. The number of rotatable bonds is 3. The van der Waals surface area contributed by atoms with Crippen LogP contribution in [0.5, 0.6) is 0 Å². The molecule has 5 heteroatoms. The molecule has 0 aliphatic rings. The third kappa shape index (κ3) is 2.62. The van der Waals surface area contributed by atoms with Crippen LogP contribution in [0.1, 0.15) is 16.1 Å². The molecule has 3 rings (SSSR count). The normalized spacial score (nSPS) is 10.5. The van der Waals surface area contributed by atoms with E-state index in [1.54, 1.807) is 10.7 Å². The van der Waals surface area contributed by atoms with Crippen LogP contribution in [0, 0.1) is 6.92 Å². The van der Waals surface area contributed by atoms with Crippen molar-refractivity contribution in [3.63, 3.8) is 0 Å². The Morgan fingerprint density at radius 3 is 2.41 bits per heavy atom. The monoisotopic (exact) mass is 292 g/mol. The van der Waals surface area contributed by atoms with Gasteiger partial charge in [0.1, 0.15) is 0 Å². The van der Waals surface area contributed by atoms with Crippen LogP contribution in [0.25, 0.3) is 16.9 Å². The minimum atomic E-state index is -0.414. The van der Waals surface area contributed by atoms with E-state index in [-0.39, 0.29) is 5.69 Å². The lowest BCUT2D eigenvalue weighted by Crippen LogP contribution is -2.30. The fourth-order valence-electron chi connectivity index (χ4n) is 2.26. The first kappa shape index (κ1) is 14.0. The fraction of sp³-hybridized carbons (Fsp3) is 0.0588. The molecule has 0 spiro atoms. The minimum Gasteiger partial charge on any atom is -0.289 e. The van der Waals surface area contributed by atoms with Crippen LogP contribution in [0.4, 0.5) is 0 Å². The van der Waals surface area contributed by atoms with Crippen LogP contribution in [-0.4, -0.2) is 15.7 Å². The summed E-state index contributed by atoms with van der Waals surface area (Å²) in [4.78, 5) is 11.8. The number of hydrogen-bond acceptors (Lipinski definition) is 3. The largest absolute Gasteiger partial charge is 0.289 e. The third-order valence-electron chi connectivity index (χ3n) is 3.42. The Balaban J connectivity index is 2.17. The average Bonchev–Trinajstić information content (AvgIpc) is 3.01. The maximum absolute atomic E-state index is 11.8. The zero-order chi connectivity index (χ0) is 15.5. The van der Waals surface area contributed by atoms with Crippen molar-refractivity contribution in [2.45, 2.75) is 6.92 Å². The van der Waals surface area contributed by atoms with E-state index in [1.807, 2.05) is 61.5 Å². The Bertz CT molecular complexity index is 791. The van der Waals surface area contributed by atoms with Gasteiger partial charge in [-0.1, -0.05) is 48.0 Å². The summed E-state index contributed by atoms with van der Waals surface area (Å²) in [6.45, 7) is 2.03. The highest BCUT2D eigenvalue weighted by atomic mass is 16.2. The van der Waals surface area contributed by atoms with E-state index < -0.39 is 5.91 Å². The Morgan fingerprint density at radius 2 is 1.77 bits per heavy atom. The maximum Gasteiger partial charge on any atom is 0.285 e. The van der Waals surface area contributed by atoms with Crippen LogP contribution < -0.4 is 11.3 Å². The predicted molar refractivity (Wildman–Crippen MR) is 85.4 cm³/mol. The Labute approximate surface area is 128 Å². The Morgan fingerprint density at radius 1 is 1.09 bits per heavy atom. The topological polar surface area (TPSA) is 72.9 Å².